The third-order valence-electron chi connectivity index (χ3n) is 3.83. The molecule has 0 bridgehead atoms. The van der Waals surface area contributed by atoms with Crippen LogP contribution in [0.3, 0.4) is 0 Å². The molecular weight excluding hydrogens is 224 g/mol. The van der Waals surface area contributed by atoms with E-state index in [1.165, 1.54) is 32.2 Å². The quantitative estimate of drug-likeness (QED) is 0.817. The second kappa shape index (κ2) is 6.14. The maximum absolute atomic E-state index is 4.36. The van der Waals surface area contributed by atoms with Crippen LogP contribution in [0.2, 0.25) is 0 Å². The van der Waals surface area contributed by atoms with Crippen LogP contribution in [0.25, 0.3) is 0 Å². The molecular formula is C14H24N4. The summed E-state index contributed by atoms with van der Waals surface area (Å²) in [6.07, 6.45) is 9.02. The summed E-state index contributed by atoms with van der Waals surface area (Å²) in [6.45, 7) is 4.29. The van der Waals surface area contributed by atoms with Crippen LogP contribution >= 0.6 is 0 Å². The van der Waals surface area contributed by atoms with Gasteiger partial charge in [-0.1, -0.05) is 6.42 Å². The summed E-state index contributed by atoms with van der Waals surface area (Å²) in [5, 5.41) is 0. The lowest BCUT2D eigenvalue weighted by Crippen LogP contribution is -2.38. The fourth-order valence-electron chi connectivity index (χ4n) is 2.53. The van der Waals surface area contributed by atoms with Crippen LogP contribution in [-0.4, -0.2) is 48.1 Å². The molecule has 1 aromatic rings. The second-order valence-corrected chi connectivity index (χ2v) is 5.40. The molecule has 1 saturated heterocycles. The van der Waals surface area contributed by atoms with Crippen molar-refractivity contribution in [1.82, 2.24) is 14.9 Å². The van der Waals surface area contributed by atoms with E-state index in [1.807, 2.05) is 19.3 Å². The largest absolute Gasteiger partial charge is 0.344 e. The van der Waals surface area contributed by atoms with E-state index in [9.17, 15) is 0 Å². The molecule has 1 atom stereocenters. The summed E-state index contributed by atoms with van der Waals surface area (Å²) in [7, 11) is 4.32. The molecule has 1 aromatic heterocycles. The van der Waals surface area contributed by atoms with E-state index >= 15 is 0 Å². The smallest absolute Gasteiger partial charge is 0.224 e. The molecule has 4 nitrogen and oxygen atoms in total. The van der Waals surface area contributed by atoms with Crippen LogP contribution in [0.1, 0.15) is 31.2 Å². The molecule has 1 aliphatic rings. The van der Waals surface area contributed by atoms with Crippen molar-refractivity contribution in [2.75, 3.05) is 32.1 Å². The summed E-state index contributed by atoms with van der Waals surface area (Å²) in [5.41, 5.74) is 1.11. The van der Waals surface area contributed by atoms with Gasteiger partial charge in [-0.25, -0.2) is 9.97 Å². The zero-order chi connectivity index (χ0) is 13.0. The third kappa shape index (κ3) is 3.42. The SMILES string of the molecule is Cc1cnc(N(C)CCC2CCCCN2C)nc1. The number of rotatable bonds is 4. The van der Waals surface area contributed by atoms with Gasteiger partial charge in [0.15, 0.2) is 0 Å². The van der Waals surface area contributed by atoms with Crippen molar-refractivity contribution in [3.05, 3.63) is 18.0 Å². The molecule has 0 amide bonds. The number of hydrogen-bond donors (Lipinski definition) is 0. The average Bonchev–Trinajstić information content (AvgIpc) is 2.38. The van der Waals surface area contributed by atoms with Crippen LogP contribution < -0.4 is 4.90 Å². The predicted octanol–water partition coefficient (Wildman–Crippen LogP) is 2.10. The summed E-state index contributed by atoms with van der Waals surface area (Å²) in [4.78, 5) is 13.4. The van der Waals surface area contributed by atoms with Crippen molar-refractivity contribution in [2.24, 2.45) is 0 Å². The molecule has 2 rings (SSSR count). The lowest BCUT2D eigenvalue weighted by molar-refractivity contribution is 0.178. The second-order valence-electron chi connectivity index (χ2n) is 5.40. The molecule has 0 aliphatic carbocycles. The number of likely N-dealkylation sites (tertiary alicyclic amines) is 1. The van der Waals surface area contributed by atoms with Crippen LogP contribution in [0, 0.1) is 6.92 Å². The van der Waals surface area contributed by atoms with Crippen molar-refractivity contribution in [1.29, 1.82) is 0 Å². The Morgan fingerprint density at radius 1 is 1.33 bits per heavy atom. The van der Waals surface area contributed by atoms with Crippen molar-refractivity contribution in [2.45, 2.75) is 38.6 Å². The first kappa shape index (κ1) is 13.3. The molecule has 0 saturated carbocycles. The monoisotopic (exact) mass is 248 g/mol. The van der Waals surface area contributed by atoms with E-state index in [2.05, 4.69) is 33.9 Å². The van der Waals surface area contributed by atoms with Crippen molar-refractivity contribution >= 4 is 5.95 Å². The number of piperidine rings is 1. The molecule has 1 aliphatic heterocycles. The van der Waals surface area contributed by atoms with Gasteiger partial charge in [0, 0.05) is 32.0 Å². The standard InChI is InChI=1S/C14H24N4/c1-12-10-15-14(16-11-12)18(3)9-7-13-6-4-5-8-17(13)2/h10-11,13H,4-9H2,1-3H3. The Balaban J connectivity index is 1.83. The molecule has 0 aromatic carbocycles. The maximum Gasteiger partial charge on any atom is 0.224 e. The minimum absolute atomic E-state index is 0.728. The number of anilines is 1. The highest BCUT2D eigenvalue weighted by Crippen LogP contribution is 2.18. The maximum atomic E-state index is 4.36. The molecule has 0 spiro atoms. The fourth-order valence-corrected chi connectivity index (χ4v) is 2.53. The van der Waals surface area contributed by atoms with Gasteiger partial charge in [-0.2, -0.15) is 0 Å². The van der Waals surface area contributed by atoms with E-state index < -0.39 is 0 Å². The fraction of sp³-hybridized carbons (Fsp3) is 0.714. The molecule has 4 heteroatoms. The molecule has 0 radical (unpaired) electrons. The van der Waals surface area contributed by atoms with E-state index in [0.29, 0.717) is 0 Å². The van der Waals surface area contributed by atoms with E-state index in [0.717, 1.165) is 24.1 Å². The van der Waals surface area contributed by atoms with Crippen molar-refractivity contribution in [3.63, 3.8) is 0 Å². The van der Waals surface area contributed by atoms with Crippen LogP contribution in [-0.2, 0) is 0 Å². The zero-order valence-corrected chi connectivity index (χ0v) is 11.8. The van der Waals surface area contributed by atoms with Gasteiger partial charge in [0.05, 0.1) is 0 Å². The van der Waals surface area contributed by atoms with Gasteiger partial charge in [-0.15, -0.1) is 0 Å². The van der Waals surface area contributed by atoms with Crippen LogP contribution in [0.15, 0.2) is 12.4 Å². The summed E-state index contributed by atoms with van der Waals surface area (Å²) >= 11 is 0. The van der Waals surface area contributed by atoms with Gasteiger partial charge in [0.1, 0.15) is 0 Å². The predicted molar refractivity (Wildman–Crippen MR) is 74.9 cm³/mol. The highest BCUT2D eigenvalue weighted by atomic mass is 15.2. The third-order valence-corrected chi connectivity index (χ3v) is 3.83. The summed E-state index contributed by atoms with van der Waals surface area (Å²) in [5.74, 6) is 0.832. The molecule has 100 valence electrons. The minimum atomic E-state index is 0.728. The normalized spacial score (nSPS) is 20.9. The molecule has 2 heterocycles. The topological polar surface area (TPSA) is 32.3 Å². The zero-order valence-electron chi connectivity index (χ0n) is 11.8. The van der Waals surface area contributed by atoms with E-state index in [1.54, 1.807) is 0 Å². The lowest BCUT2D eigenvalue weighted by Gasteiger charge is -2.33. The Hall–Kier alpha value is -1.16. The van der Waals surface area contributed by atoms with Crippen LogP contribution in [0.4, 0.5) is 5.95 Å². The first-order valence-corrected chi connectivity index (χ1v) is 6.87. The first-order valence-electron chi connectivity index (χ1n) is 6.87. The highest BCUT2D eigenvalue weighted by Gasteiger charge is 2.19. The number of aryl methyl sites for hydroxylation is 1. The molecule has 1 fully saturated rings. The Labute approximate surface area is 110 Å². The number of hydrogen-bond acceptors (Lipinski definition) is 4. The first-order chi connectivity index (χ1) is 8.66. The minimum Gasteiger partial charge on any atom is -0.344 e. The van der Waals surface area contributed by atoms with Gasteiger partial charge in [-0.05, 0) is 45.3 Å². The molecule has 0 N–H and O–H groups in total. The van der Waals surface area contributed by atoms with E-state index in [4.69, 9.17) is 0 Å². The van der Waals surface area contributed by atoms with Gasteiger partial charge >= 0.3 is 0 Å². The Bertz CT molecular complexity index is 363. The van der Waals surface area contributed by atoms with Gasteiger partial charge < -0.3 is 9.80 Å². The lowest BCUT2D eigenvalue weighted by atomic mass is 10.00. The highest BCUT2D eigenvalue weighted by molar-refractivity contribution is 5.27. The molecule has 1 unspecified atom stereocenters. The van der Waals surface area contributed by atoms with Gasteiger partial charge in [-0.3, -0.25) is 0 Å². The number of nitrogens with zero attached hydrogens (tertiary/aromatic N) is 4. The summed E-state index contributed by atoms with van der Waals surface area (Å²) < 4.78 is 0. The summed E-state index contributed by atoms with van der Waals surface area (Å²) in [6, 6.07) is 0.728. The molecule has 18 heavy (non-hydrogen) atoms. The van der Waals surface area contributed by atoms with Gasteiger partial charge in [0.25, 0.3) is 0 Å². The Morgan fingerprint density at radius 3 is 2.72 bits per heavy atom. The van der Waals surface area contributed by atoms with E-state index in [-0.39, 0.29) is 0 Å². The Morgan fingerprint density at radius 2 is 2.06 bits per heavy atom. The van der Waals surface area contributed by atoms with Gasteiger partial charge in [0.2, 0.25) is 5.95 Å². The van der Waals surface area contributed by atoms with Crippen molar-refractivity contribution in [3.8, 4) is 0 Å². The number of aromatic nitrogens is 2. The van der Waals surface area contributed by atoms with Crippen molar-refractivity contribution < 1.29 is 0 Å². The average molecular weight is 248 g/mol. The van der Waals surface area contributed by atoms with Crippen LogP contribution in [0.5, 0.6) is 0 Å². The Kier molecular flexibility index (Phi) is 4.53.